The van der Waals surface area contributed by atoms with Crippen molar-refractivity contribution in [2.75, 3.05) is 39.8 Å². The van der Waals surface area contributed by atoms with E-state index in [1.54, 1.807) is 11.9 Å². The topological polar surface area (TPSA) is 81.2 Å². The second-order valence-corrected chi connectivity index (χ2v) is 4.46. The molecule has 0 aromatic heterocycles. The van der Waals surface area contributed by atoms with Crippen molar-refractivity contribution in [2.45, 2.75) is 0 Å². The van der Waals surface area contributed by atoms with Gasteiger partial charge >= 0.3 is 12.0 Å². The van der Waals surface area contributed by atoms with E-state index in [4.69, 9.17) is 5.11 Å². The molecule has 17 heavy (non-hydrogen) atoms. The third-order valence-electron chi connectivity index (χ3n) is 3.23. The lowest BCUT2D eigenvalue weighted by Gasteiger charge is -2.41. The number of rotatable bonds is 1. The summed E-state index contributed by atoms with van der Waals surface area (Å²) >= 11 is 0. The van der Waals surface area contributed by atoms with Crippen molar-refractivity contribution in [3.8, 4) is 0 Å². The van der Waals surface area contributed by atoms with Crippen LogP contribution >= 0.6 is 0 Å². The molecule has 3 amide bonds. The Balaban J connectivity index is 1.86. The highest BCUT2D eigenvalue weighted by molar-refractivity contribution is 5.86. The molecule has 7 heteroatoms. The molecule has 2 fully saturated rings. The van der Waals surface area contributed by atoms with Crippen LogP contribution in [0.15, 0.2) is 0 Å². The molecule has 0 aromatic rings. The van der Waals surface area contributed by atoms with Gasteiger partial charge in [-0.2, -0.15) is 0 Å². The minimum absolute atomic E-state index is 0.0834. The van der Waals surface area contributed by atoms with Crippen LogP contribution in [0.25, 0.3) is 0 Å². The van der Waals surface area contributed by atoms with Crippen molar-refractivity contribution < 1.29 is 19.5 Å². The predicted molar refractivity (Wildman–Crippen MR) is 57.3 cm³/mol. The number of carbonyl (C=O) groups excluding carboxylic acids is 2. The molecule has 2 heterocycles. The van der Waals surface area contributed by atoms with Gasteiger partial charge in [0, 0.05) is 33.2 Å². The number of carbonyl (C=O) groups is 3. The summed E-state index contributed by atoms with van der Waals surface area (Å²) < 4.78 is 0. The van der Waals surface area contributed by atoms with E-state index in [9.17, 15) is 14.4 Å². The Labute approximate surface area is 98.6 Å². The first kappa shape index (κ1) is 11.7. The third kappa shape index (κ3) is 2.17. The van der Waals surface area contributed by atoms with Crippen molar-refractivity contribution >= 4 is 17.9 Å². The number of amides is 3. The van der Waals surface area contributed by atoms with E-state index in [-0.39, 0.29) is 31.6 Å². The first-order valence-electron chi connectivity index (χ1n) is 5.49. The van der Waals surface area contributed by atoms with Gasteiger partial charge in [0.05, 0.1) is 5.92 Å². The summed E-state index contributed by atoms with van der Waals surface area (Å²) in [6.45, 7) is 1.61. The summed E-state index contributed by atoms with van der Waals surface area (Å²) in [6, 6.07) is -0.232. The summed E-state index contributed by atoms with van der Waals surface area (Å²) in [4.78, 5) is 38.5. The average molecular weight is 241 g/mol. The van der Waals surface area contributed by atoms with Gasteiger partial charge in [-0.25, -0.2) is 4.79 Å². The highest BCUT2D eigenvalue weighted by atomic mass is 16.4. The number of piperazine rings is 1. The molecule has 0 spiro atoms. The fourth-order valence-electron chi connectivity index (χ4n) is 1.91. The van der Waals surface area contributed by atoms with Gasteiger partial charge in [-0.3, -0.25) is 9.59 Å². The Bertz CT molecular complexity index is 365. The van der Waals surface area contributed by atoms with Crippen LogP contribution in [0.2, 0.25) is 0 Å². The first-order valence-corrected chi connectivity index (χ1v) is 5.49. The van der Waals surface area contributed by atoms with E-state index >= 15 is 0 Å². The molecule has 94 valence electrons. The van der Waals surface area contributed by atoms with Crippen LogP contribution < -0.4 is 0 Å². The van der Waals surface area contributed by atoms with Gasteiger partial charge < -0.3 is 19.8 Å². The Kier molecular flexibility index (Phi) is 2.91. The highest BCUT2D eigenvalue weighted by Crippen LogP contribution is 2.18. The molecule has 2 aliphatic heterocycles. The molecule has 0 radical (unpaired) electrons. The van der Waals surface area contributed by atoms with E-state index < -0.39 is 11.9 Å². The molecule has 1 N–H and O–H groups in total. The molecule has 0 bridgehead atoms. The second kappa shape index (κ2) is 4.23. The van der Waals surface area contributed by atoms with Crippen molar-refractivity contribution in [2.24, 2.45) is 5.92 Å². The van der Waals surface area contributed by atoms with Gasteiger partial charge in [-0.1, -0.05) is 0 Å². The fraction of sp³-hybridized carbons (Fsp3) is 0.700. The highest BCUT2D eigenvalue weighted by Gasteiger charge is 2.38. The van der Waals surface area contributed by atoms with Crippen molar-refractivity contribution in [1.82, 2.24) is 14.7 Å². The Morgan fingerprint density at radius 1 is 1.24 bits per heavy atom. The molecule has 0 saturated carbocycles. The molecular formula is C10H15N3O4. The lowest BCUT2D eigenvalue weighted by molar-refractivity contribution is -0.146. The SMILES string of the molecule is CN1CCN(C(=O)N2CC(C(=O)O)C2)CC1=O. The summed E-state index contributed by atoms with van der Waals surface area (Å²) in [6.07, 6.45) is 0. The second-order valence-electron chi connectivity index (χ2n) is 4.46. The summed E-state index contributed by atoms with van der Waals surface area (Å²) in [5, 5.41) is 8.71. The van der Waals surface area contributed by atoms with Crippen LogP contribution in [-0.4, -0.2) is 77.5 Å². The van der Waals surface area contributed by atoms with Crippen LogP contribution in [0.4, 0.5) is 4.79 Å². The lowest BCUT2D eigenvalue weighted by atomic mass is 10.0. The molecule has 7 nitrogen and oxygen atoms in total. The van der Waals surface area contributed by atoms with Gasteiger partial charge in [-0.05, 0) is 0 Å². The zero-order valence-electron chi connectivity index (χ0n) is 9.63. The average Bonchev–Trinajstić information content (AvgIpc) is 2.19. The van der Waals surface area contributed by atoms with Crippen LogP contribution in [0.3, 0.4) is 0 Å². The molecule has 0 aliphatic carbocycles. The first-order chi connectivity index (χ1) is 7.99. The van der Waals surface area contributed by atoms with E-state index in [1.807, 2.05) is 0 Å². The number of hydrogen-bond donors (Lipinski definition) is 1. The molecule has 2 rings (SSSR count). The van der Waals surface area contributed by atoms with Crippen molar-refractivity contribution in [3.05, 3.63) is 0 Å². The van der Waals surface area contributed by atoms with Gasteiger partial charge in [0.15, 0.2) is 0 Å². The fourth-order valence-corrected chi connectivity index (χ4v) is 1.91. The Morgan fingerprint density at radius 2 is 1.88 bits per heavy atom. The van der Waals surface area contributed by atoms with Gasteiger partial charge in [0.2, 0.25) is 5.91 Å². The number of hydrogen-bond acceptors (Lipinski definition) is 3. The van der Waals surface area contributed by atoms with E-state index in [0.717, 1.165) is 0 Å². The monoisotopic (exact) mass is 241 g/mol. The quantitative estimate of drug-likeness (QED) is 0.631. The minimum atomic E-state index is -0.872. The van der Waals surface area contributed by atoms with Crippen molar-refractivity contribution in [3.63, 3.8) is 0 Å². The van der Waals surface area contributed by atoms with Crippen molar-refractivity contribution in [1.29, 1.82) is 0 Å². The number of likely N-dealkylation sites (N-methyl/N-ethyl adjacent to an activating group) is 1. The van der Waals surface area contributed by atoms with Crippen LogP contribution in [-0.2, 0) is 9.59 Å². The largest absolute Gasteiger partial charge is 0.481 e. The number of aliphatic carboxylic acids is 1. The zero-order valence-corrected chi connectivity index (χ0v) is 9.63. The third-order valence-corrected chi connectivity index (χ3v) is 3.23. The maximum Gasteiger partial charge on any atom is 0.320 e. The molecular weight excluding hydrogens is 226 g/mol. The normalized spacial score (nSPS) is 21.5. The molecule has 0 atom stereocenters. The van der Waals surface area contributed by atoms with Gasteiger partial charge in [-0.15, -0.1) is 0 Å². The van der Waals surface area contributed by atoms with E-state index in [1.165, 1.54) is 9.80 Å². The smallest absolute Gasteiger partial charge is 0.320 e. The molecule has 0 unspecified atom stereocenters. The molecule has 2 saturated heterocycles. The summed E-state index contributed by atoms with van der Waals surface area (Å²) in [5.41, 5.74) is 0. The molecule has 2 aliphatic rings. The zero-order chi connectivity index (χ0) is 12.6. The van der Waals surface area contributed by atoms with E-state index in [0.29, 0.717) is 13.1 Å². The number of nitrogens with zero attached hydrogens (tertiary/aromatic N) is 3. The lowest BCUT2D eigenvalue weighted by Crippen LogP contribution is -2.60. The standard InChI is InChI=1S/C10H15N3O4/c1-11-2-3-12(6-8(11)14)10(17)13-4-7(5-13)9(15)16/h7H,2-6H2,1H3,(H,15,16). The predicted octanol–water partition coefficient (Wildman–Crippen LogP) is -1.10. The van der Waals surface area contributed by atoms with Gasteiger partial charge in [0.25, 0.3) is 0 Å². The number of carboxylic acid groups (broad SMARTS) is 1. The molecule has 0 aromatic carbocycles. The number of carboxylic acids is 1. The Hall–Kier alpha value is -1.79. The minimum Gasteiger partial charge on any atom is -0.481 e. The van der Waals surface area contributed by atoms with Crippen LogP contribution in [0.5, 0.6) is 0 Å². The number of urea groups is 1. The van der Waals surface area contributed by atoms with Crippen LogP contribution in [0, 0.1) is 5.92 Å². The number of likely N-dealkylation sites (tertiary alicyclic amines) is 1. The maximum absolute atomic E-state index is 11.9. The maximum atomic E-state index is 11.9. The summed E-state index contributed by atoms with van der Waals surface area (Å²) in [7, 11) is 1.70. The van der Waals surface area contributed by atoms with E-state index in [2.05, 4.69) is 0 Å². The van der Waals surface area contributed by atoms with Crippen LogP contribution in [0.1, 0.15) is 0 Å². The summed E-state index contributed by atoms with van der Waals surface area (Å²) in [5.74, 6) is -1.41. The Morgan fingerprint density at radius 3 is 2.41 bits per heavy atom. The van der Waals surface area contributed by atoms with Gasteiger partial charge in [0.1, 0.15) is 6.54 Å².